The molecule has 0 fully saturated rings. The predicted molar refractivity (Wildman–Crippen MR) is 85.3 cm³/mol. The van der Waals surface area contributed by atoms with E-state index in [1.54, 1.807) is 0 Å². The second-order valence-corrected chi connectivity index (χ2v) is 6.18. The van der Waals surface area contributed by atoms with Crippen molar-refractivity contribution in [3.05, 3.63) is 40.8 Å². The number of rotatable bonds is 3. The fraction of sp³-hybridized carbons (Fsp3) is 0.267. The lowest BCUT2D eigenvalue weighted by Crippen LogP contribution is -2.34. The van der Waals surface area contributed by atoms with Crippen LogP contribution in [0, 0.1) is 11.6 Å². The number of fused-ring (bicyclic) bond motifs is 1. The highest BCUT2D eigenvalue weighted by molar-refractivity contribution is 6.33. The van der Waals surface area contributed by atoms with Crippen LogP contribution in [-0.4, -0.2) is 31.8 Å². The van der Waals surface area contributed by atoms with E-state index >= 15 is 0 Å². The number of anilines is 1. The summed E-state index contributed by atoms with van der Waals surface area (Å²) in [5, 5.41) is 4.91. The number of benzene rings is 1. The molecule has 3 rings (SSSR count). The molecule has 0 radical (unpaired) electrons. The van der Waals surface area contributed by atoms with Crippen molar-refractivity contribution in [1.82, 2.24) is 19.6 Å². The maximum atomic E-state index is 14.5. The van der Waals surface area contributed by atoms with Crippen LogP contribution in [0.25, 0.3) is 16.9 Å². The number of nitrogens with zero attached hydrogens (tertiary/aromatic N) is 4. The molecule has 156 valence electrons. The van der Waals surface area contributed by atoms with E-state index in [1.165, 1.54) is 0 Å². The maximum Gasteiger partial charge on any atom is 0.416 e. The predicted octanol–water partition coefficient (Wildman–Crippen LogP) is 5.10. The lowest BCUT2D eigenvalue weighted by atomic mass is 10.0. The highest BCUT2D eigenvalue weighted by Crippen LogP contribution is 2.41. The van der Waals surface area contributed by atoms with Gasteiger partial charge >= 0.3 is 12.4 Å². The van der Waals surface area contributed by atoms with Crippen molar-refractivity contribution >= 4 is 23.2 Å². The van der Waals surface area contributed by atoms with Gasteiger partial charge in [-0.3, -0.25) is 0 Å². The van der Waals surface area contributed by atoms with Gasteiger partial charge < -0.3 is 5.32 Å². The molecule has 1 atom stereocenters. The van der Waals surface area contributed by atoms with Gasteiger partial charge in [-0.25, -0.2) is 8.78 Å². The Labute approximate surface area is 161 Å². The van der Waals surface area contributed by atoms with Gasteiger partial charge in [-0.1, -0.05) is 11.6 Å². The molecule has 1 aromatic carbocycles. The second-order valence-electron chi connectivity index (χ2n) is 5.82. The Bertz CT molecular complexity index is 1050. The van der Waals surface area contributed by atoms with E-state index in [9.17, 15) is 35.1 Å². The summed E-state index contributed by atoms with van der Waals surface area (Å²) in [4.78, 5) is 7.31. The Morgan fingerprint density at radius 1 is 1.03 bits per heavy atom. The molecule has 0 spiro atoms. The SMILES string of the molecule is C[C@H](Nc1c(-c2c(F)cc(C(F)(F)F)cc2F)c(Cl)nc2ncnn12)C(F)(F)F. The van der Waals surface area contributed by atoms with Crippen molar-refractivity contribution in [2.75, 3.05) is 5.32 Å². The zero-order valence-electron chi connectivity index (χ0n) is 14.0. The third-order valence-corrected chi connectivity index (χ3v) is 4.12. The minimum atomic E-state index is -5.05. The topological polar surface area (TPSA) is 55.1 Å². The number of aromatic nitrogens is 4. The van der Waals surface area contributed by atoms with Gasteiger partial charge in [0.25, 0.3) is 5.78 Å². The van der Waals surface area contributed by atoms with Crippen LogP contribution in [0.3, 0.4) is 0 Å². The first-order valence-electron chi connectivity index (χ1n) is 7.59. The van der Waals surface area contributed by atoms with E-state index in [0.29, 0.717) is 11.4 Å². The summed E-state index contributed by atoms with van der Waals surface area (Å²) in [7, 11) is 0. The second kappa shape index (κ2) is 6.97. The number of hydrogen-bond donors (Lipinski definition) is 1. The van der Waals surface area contributed by atoms with Gasteiger partial charge in [-0.05, 0) is 19.1 Å². The van der Waals surface area contributed by atoms with Crippen molar-refractivity contribution in [3.63, 3.8) is 0 Å². The van der Waals surface area contributed by atoms with E-state index in [0.717, 1.165) is 6.33 Å². The molecular formula is C15H8ClF8N5. The quantitative estimate of drug-likeness (QED) is 0.450. The Balaban J connectivity index is 2.30. The molecule has 0 aliphatic heterocycles. The van der Waals surface area contributed by atoms with Crippen LogP contribution in [0.4, 0.5) is 40.9 Å². The largest absolute Gasteiger partial charge is 0.416 e. The molecule has 3 aromatic rings. The van der Waals surface area contributed by atoms with E-state index in [2.05, 4.69) is 15.1 Å². The fourth-order valence-corrected chi connectivity index (χ4v) is 2.69. The standard InChI is InChI=1S/C15H8ClF8N5/c1-5(14(19,20)21)27-12-10(11(16)28-13-25-4-26-29(12)13)9-7(17)2-6(3-8(9)18)15(22,23)24/h2-5,27H,1H3/t5-/m0/s1. The van der Waals surface area contributed by atoms with Gasteiger partial charge in [-0.15, -0.1) is 0 Å². The van der Waals surface area contributed by atoms with Crippen molar-refractivity contribution in [3.8, 4) is 11.1 Å². The van der Waals surface area contributed by atoms with Gasteiger partial charge in [0.15, 0.2) is 0 Å². The molecule has 0 saturated carbocycles. The summed E-state index contributed by atoms with van der Waals surface area (Å²) in [6, 6.07) is -2.25. The number of halogens is 9. The van der Waals surface area contributed by atoms with Crippen LogP contribution in [0.2, 0.25) is 5.15 Å². The molecule has 0 aliphatic rings. The van der Waals surface area contributed by atoms with Crippen molar-refractivity contribution in [2.24, 2.45) is 0 Å². The van der Waals surface area contributed by atoms with Crippen LogP contribution in [0.1, 0.15) is 12.5 Å². The molecular weight excluding hydrogens is 438 g/mol. The molecule has 29 heavy (non-hydrogen) atoms. The highest BCUT2D eigenvalue weighted by atomic mass is 35.5. The summed E-state index contributed by atoms with van der Waals surface area (Å²) in [5.74, 6) is -4.37. The Morgan fingerprint density at radius 2 is 1.62 bits per heavy atom. The molecule has 2 aromatic heterocycles. The van der Waals surface area contributed by atoms with Gasteiger partial charge in [0.05, 0.1) is 16.7 Å². The summed E-state index contributed by atoms with van der Waals surface area (Å²) < 4.78 is 107. The molecule has 0 bridgehead atoms. The molecule has 0 amide bonds. The number of nitrogens with one attached hydrogen (secondary N) is 1. The lowest BCUT2D eigenvalue weighted by Gasteiger charge is -2.22. The fourth-order valence-electron chi connectivity index (χ4n) is 2.43. The molecule has 5 nitrogen and oxygen atoms in total. The molecule has 2 heterocycles. The van der Waals surface area contributed by atoms with Crippen LogP contribution >= 0.6 is 11.6 Å². The molecule has 1 N–H and O–H groups in total. The average molecular weight is 446 g/mol. The number of hydrogen-bond acceptors (Lipinski definition) is 4. The van der Waals surface area contributed by atoms with Gasteiger partial charge in [0, 0.05) is 0 Å². The van der Waals surface area contributed by atoms with Crippen LogP contribution in [-0.2, 0) is 6.18 Å². The molecule has 0 unspecified atom stereocenters. The Kier molecular flexibility index (Phi) is 5.05. The summed E-state index contributed by atoms with van der Waals surface area (Å²) >= 11 is 5.90. The molecule has 0 aliphatic carbocycles. The van der Waals surface area contributed by atoms with Gasteiger partial charge in [0.1, 0.15) is 35.0 Å². The third kappa shape index (κ3) is 3.91. The Hall–Kier alpha value is -2.70. The molecule has 0 saturated heterocycles. The third-order valence-electron chi connectivity index (χ3n) is 3.85. The summed E-state index contributed by atoms with van der Waals surface area (Å²) in [6.45, 7) is 0.709. The zero-order chi connectivity index (χ0) is 21.7. The van der Waals surface area contributed by atoms with Crippen molar-refractivity contribution in [1.29, 1.82) is 0 Å². The van der Waals surface area contributed by atoms with Gasteiger partial charge in [0.2, 0.25) is 0 Å². The van der Waals surface area contributed by atoms with Gasteiger partial charge in [-0.2, -0.15) is 45.9 Å². The minimum absolute atomic E-state index is 0.00273. The first-order valence-corrected chi connectivity index (χ1v) is 7.97. The molecule has 14 heteroatoms. The smallest absolute Gasteiger partial charge is 0.358 e. The summed E-state index contributed by atoms with van der Waals surface area (Å²) in [5.41, 5.74) is -3.48. The average Bonchev–Trinajstić information content (AvgIpc) is 3.02. The van der Waals surface area contributed by atoms with Crippen molar-refractivity contribution < 1.29 is 35.1 Å². The van der Waals surface area contributed by atoms with Crippen LogP contribution in [0.5, 0.6) is 0 Å². The number of alkyl halides is 6. The van der Waals surface area contributed by atoms with Crippen molar-refractivity contribution in [2.45, 2.75) is 25.3 Å². The van der Waals surface area contributed by atoms with E-state index in [4.69, 9.17) is 11.6 Å². The van der Waals surface area contributed by atoms with Crippen LogP contribution in [0.15, 0.2) is 18.5 Å². The van der Waals surface area contributed by atoms with E-state index in [-0.39, 0.29) is 17.9 Å². The lowest BCUT2D eigenvalue weighted by molar-refractivity contribution is -0.139. The maximum absolute atomic E-state index is 14.5. The highest BCUT2D eigenvalue weighted by Gasteiger charge is 2.38. The first-order chi connectivity index (χ1) is 13.3. The van der Waals surface area contributed by atoms with Crippen LogP contribution < -0.4 is 5.32 Å². The summed E-state index contributed by atoms with van der Waals surface area (Å²) in [6.07, 6.45) is -8.94. The van der Waals surface area contributed by atoms with E-state index in [1.807, 2.05) is 5.32 Å². The normalized spacial score (nSPS) is 13.7. The first kappa shape index (κ1) is 21.0. The van der Waals surface area contributed by atoms with E-state index < -0.39 is 57.7 Å². The Morgan fingerprint density at radius 3 is 2.14 bits per heavy atom. The monoisotopic (exact) mass is 445 g/mol. The zero-order valence-corrected chi connectivity index (χ0v) is 14.8. The minimum Gasteiger partial charge on any atom is -0.358 e.